The first kappa shape index (κ1) is 18.5. The molecule has 1 aromatic carbocycles. The van der Waals surface area contributed by atoms with Crippen molar-refractivity contribution in [1.82, 2.24) is 14.8 Å². The van der Waals surface area contributed by atoms with Crippen molar-refractivity contribution >= 4 is 11.8 Å². The van der Waals surface area contributed by atoms with Crippen LogP contribution in [0, 0.1) is 0 Å². The Morgan fingerprint density at radius 2 is 1.75 bits per heavy atom. The van der Waals surface area contributed by atoms with E-state index in [9.17, 15) is 9.59 Å². The van der Waals surface area contributed by atoms with Gasteiger partial charge < -0.3 is 14.5 Å². The van der Waals surface area contributed by atoms with Crippen LogP contribution >= 0.6 is 0 Å². The summed E-state index contributed by atoms with van der Waals surface area (Å²) in [6.07, 6.45) is 6.35. The number of hydrogen-bond acceptors (Lipinski definition) is 4. The maximum Gasteiger partial charge on any atom is 0.254 e. The standard InChI is InChI=1S/C22H25N3O3/c1-28-20-11-10-18(14-23-20)16-6-8-17(9-7-16)22(27)24-12-13-25(21(26)15-24)19-4-2-3-5-19/h6-11,14,19H,2-5,12-13,15H2,1H3. The lowest BCUT2D eigenvalue weighted by molar-refractivity contribution is -0.137. The molecule has 2 heterocycles. The van der Waals surface area contributed by atoms with Crippen LogP contribution in [0.3, 0.4) is 0 Å². The zero-order valence-corrected chi connectivity index (χ0v) is 16.1. The first-order valence-corrected chi connectivity index (χ1v) is 9.85. The molecular formula is C22H25N3O3. The van der Waals surface area contributed by atoms with Crippen molar-refractivity contribution in [1.29, 1.82) is 0 Å². The summed E-state index contributed by atoms with van der Waals surface area (Å²) in [6, 6.07) is 11.6. The number of benzene rings is 1. The van der Waals surface area contributed by atoms with E-state index < -0.39 is 0 Å². The fraction of sp³-hybridized carbons (Fsp3) is 0.409. The normalized spacial score (nSPS) is 17.8. The van der Waals surface area contributed by atoms with Crippen LogP contribution in [-0.4, -0.2) is 59.4 Å². The monoisotopic (exact) mass is 379 g/mol. The summed E-state index contributed by atoms with van der Waals surface area (Å²) < 4.78 is 5.08. The van der Waals surface area contributed by atoms with Crippen LogP contribution in [0.4, 0.5) is 0 Å². The summed E-state index contributed by atoms with van der Waals surface area (Å²) in [7, 11) is 1.58. The predicted molar refractivity (Wildman–Crippen MR) is 106 cm³/mol. The van der Waals surface area contributed by atoms with Gasteiger partial charge in [0, 0.05) is 42.5 Å². The third kappa shape index (κ3) is 3.72. The number of aromatic nitrogens is 1. The van der Waals surface area contributed by atoms with Crippen LogP contribution in [0.5, 0.6) is 5.88 Å². The van der Waals surface area contributed by atoms with Crippen LogP contribution in [0.15, 0.2) is 42.6 Å². The first-order valence-electron chi connectivity index (χ1n) is 9.85. The van der Waals surface area contributed by atoms with Gasteiger partial charge in [-0.05, 0) is 36.6 Å². The summed E-state index contributed by atoms with van der Waals surface area (Å²) in [4.78, 5) is 33.2. The molecular weight excluding hydrogens is 354 g/mol. The van der Waals surface area contributed by atoms with Gasteiger partial charge >= 0.3 is 0 Å². The molecule has 0 N–H and O–H groups in total. The van der Waals surface area contributed by atoms with E-state index in [0.717, 1.165) is 24.0 Å². The number of ether oxygens (including phenoxy) is 1. The van der Waals surface area contributed by atoms with Gasteiger partial charge in [0.2, 0.25) is 11.8 Å². The Bertz CT molecular complexity index is 842. The molecule has 4 rings (SSSR count). The third-order valence-corrected chi connectivity index (χ3v) is 5.72. The molecule has 6 heteroatoms. The molecule has 6 nitrogen and oxygen atoms in total. The second-order valence-electron chi connectivity index (χ2n) is 7.42. The molecule has 2 aliphatic rings. The predicted octanol–water partition coefficient (Wildman–Crippen LogP) is 2.98. The van der Waals surface area contributed by atoms with Crippen molar-refractivity contribution < 1.29 is 14.3 Å². The van der Waals surface area contributed by atoms with Crippen LogP contribution < -0.4 is 4.74 Å². The van der Waals surface area contributed by atoms with Crippen LogP contribution in [0.25, 0.3) is 11.1 Å². The molecule has 0 unspecified atom stereocenters. The molecule has 2 aromatic rings. The van der Waals surface area contributed by atoms with E-state index >= 15 is 0 Å². The zero-order chi connectivity index (χ0) is 19.5. The van der Waals surface area contributed by atoms with Crippen LogP contribution in [0.2, 0.25) is 0 Å². The SMILES string of the molecule is COc1ccc(-c2ccc(C(=O)N3CCN(C4CCCC4)C(=O)C3)cc2)cn1. The average molecular weight is 379 g/mol. The van der Waals surface area contributed by atoms with Crippen molar-refractivity contribution in [2.45, 2.75) is 31.7 Å². The molecule has 1 aliphatic heterocycles. The fourth-order valence-corrected chi connectivity index (χ4v) is 4.12. The lowest BCUT2D eigenvalue weighted by atomic mass is 10.0. The third-order valence-electron chi connectivity index (χ3n) is 5.72. The maximum absolute atomic E-state index is 12.8. The number of methoxy groups -OCH3 is 1. The van der Waals surface area contributed by atoms with E-state index in [1.54, 1.807) is 18.2 Å². The number of rotatable bonds is 4. The minimum Gasteiger partial charge on any atom is -0.481 e. The molecule has 146 valence electrons. The van der Waals surface area contributed by atoms with Gasteiger partial charge in [-0.2, -0.15) is 0 Å². The van der Waals surface area contributed by atoms with Gasteiger partial charge in [0.15, 0.2) is 0 Å². The Morgan fingerprint density at radius 3 is 2.36 bits per heavy atom. The van der Waals surface area contributed by atoms with Gasteiger partial charge in [0.25, 0.3) is 5.91 Å². The van der Waals surface area contributed by atoms with Gasteiger partial charge in [0.05, 0.1) is 7.11 Å². The highest BCUT2D eigenvalue weighted by molar-refractivity contribution is 5.97. The molecule has 1 aromatic heterocycles. The molecule has 1 saturated carbocycles. The number of carbonyl (C=O) groups is 2. The minimum absolute atomic E-state index is 0.0763. The quantitative estimate of drug-likeness (QED) is 0.819. The molecule has 28 heavy (non-hydrogen) atoms. The summed E-state index contributed by atoms with van der Waals surface area (Å²) in [6.45, 7) is 1.43. The van der Waals surface area contributed by atoms with Crippen molar-refractivity contribution in [3.63, 3.8) is 0 Å². The van der Waals surface area contributed by atoms with Crippen LogP contribution in [0.1, 0.15) is 36.0 Å². The summed E-state index contributed by atoms with van der Waals surface area (Å²) in [5.74, 6) is 0.559. The first-order chi connectivity index (χ1) is 13.7. The van der Waals surface area contributed by atoms with Gasteiger partial charge in [-0.1, -0.05) is 25.0 Å². The zero-order valence-electron chi connectivity index (χ0n) is 16.1. The second kappa shape index (κ2) is 8.00. The number of carbonyl (C=O) groups excluding carboxylic acids is 2. The van der Waals surface area contributed by atoms with Gasteiger partial charge in [-0.15, -0.1) is 0 Å². The van der Waals surface area contributed by atoms with E-state index in [-0.39, 0.29) is 18.4 Å². The maximum atomic E-state index is 12.8. The average Bonchev–Trinajstić information content (AvgIpc) is 3.28. The highest BCUT2D eigenvalue weighted by atomic mass is 16.5. The number of pyridine rings is 1. The van der Waals surface area contributed by atoms with Gasteiger partial charge in [0.1, 0.15) is 6.54 Å². The van der Waals surface area contributed by atoms with Gasteiger partial charge in [-0.3, -0.25) is 9.59 Å². The lowest BCUT2D eigenvalue weighted by Crippen LogP contribution is -2.54. The Kier molecular flexibility index (Phi) is 5.28. The Labute approximate surface area is 165 Å². The van der Waals surface area contributed by atoms with E-state index in [4.69, 9.17) is 4.74 Å². The topological polar surface area (TPSA) is 62.7 Å². The highest BCUT2D eigenvalue weighted by Crippen LogP contribution is 2.26. The molecule has 0 bridgehead atoms. The van der Waals surface area contributed by atoms with E-state index in [1.807, 2.05) is 41.3 Å². The minimum atomic E-state index is -0.0844. The Hall–Kier alpha value is -2.89. The molecule has 1 saturated heterocycles. The molecule has 1 aliphatic carbocycles. The largest absolute Gasteiger partial charge is 0.481 e. The number of piperazine rings is 1. The number of hydrogen-bond donors (Lipinski definition) is 0. The molecule has 0 radical (unpaired) electrons. The summed E-state index contributed by atoms with van der Waals surface area (Å²) in [5.41, 5.74) is 2.54. The summed E-state index contributed by atoms with van der Waals surface area (Å²) >= 11 is 0. The van der Waals surface area contributed by atoms with Crippen molar-refractivity contribution in [2.75, 3.05) is 26.7 Å². The molecule has 2 amide bonds. The number of amides is 2. The highest BCUT2D eigenvalue weighted by Gasteiger charge is 2.33. The smallest absolute Gasteiger partial charge is 0.254 e. The van der Waals surface area contributed by atoms with E-state index in [1.165, 1.54) is 12.8 Å². The Balaban J connectivity index is 1.41. The molecule has 2 fully saturated rings. The molecule has 0 atom stereocenters. The molecule has 0 spiro atoms. The Morgan fingerprint density at radius 1 is 1.04 bits per heavy atom. The van der Waals surface area contributed by atoms with Crippen molar-refractivity contribution in [3.8, 4) is 17.0 Å². The van der Waals surface area contributed by atoms with Gasteiger partial charge in [-0.25, -0.2) is 4.98 Å². The lowest BCUT2D eigenvalue weighted by Gasteiger charge is -2.37. The second-order valence-corrected chi connectivity index (χ2v) is 7.42. The van der Waals surface area contributed by atoms with E-state index in [0.29, 0.717) is 30.6 Å². The van der Waals surface area contributed by atoms with Crippen molar-refractivity contribution in [3.05, 3.63) is 48.2 Å². The number of nitrogens with zero attached hydrogens (tertiary/aromatic N) is 3. The van der Waals surface area contributed by atoms with E-state index in [2.05, 4.69) is 4.98 Å². The van der Waals surface area contributed by atoms with Crippen molar-refractivity contribution in [2.24, 2.45) is 0 Å². The summed E-state index contributed by atoms with van der Waals surface area (Å²) in [5, 5.41) is 0. The fourth-order valence-electron chi connectivity index (χ4n) is 4.12. The van der Waals surface area contributed by atoms with Crippen LogP contribution in [-0.2, 0) is 4.79 Å².